The van der Waals surface area contributed by atoms with Crippen LogP contribution in [-0.2, 0) is 17.6 Å². The summed E-state index contributed by atoms with van der Waals surface area (Å²) in [5.41, 5.74) is 3.39. The number of amides is 1. The SMILES string of the molecule is C/C=C(\N=C(\CCCC)NCC(=O)N1CCc2nc(C)sc2CC1)c1ccc(F)c(C)c1. The maximum atomic E-state index is 13.7. The van der Waals surface area contributed by atoms with Crippen molar-refractivity contribution < 1.29 is 9.18 Å². The summed E-state index contributed by atoms with van der Waals surface area (Å²) in [6.45, 7) is 9.50. The average molecular weight is 457 g/mol. The molecule has 172 valence electrons. The van der Waals surface area contributed by atoms with Gasteiger partial charge in [-0.3, -0.25) is 4.79 Å². The lowest BCUT2D eigenvalue weighted by Gasteiger charge is -2.21. The van der Waals surface area contributed by atoms with Crippen LogP contribution in [0.15, 0.2) is 29.3 Å². The molecule has 0 aliphatic carbocycles. The van der Waals surface area contributed by atoms with E-state index in [4.69, 9.17) is 4.99 Å². The molecule has 2 heterocycles. The zero-order valence-corrected chi connectivity index (χ0v) is 20.3. The number of thiazole rings is 1. The molecule has 1 N–H and O–H groups in total. The van der Waals surface area contributed by atoms with Gasteiger partial charge in [0.2, 0.25) is 5.91 Å². The topological polar surface area (TPSA) is 57.6 Å². The van der Waals surface area contributed by atoms with Crippen LogP contribution < -0.4 is 5.32 Å². The van der Waals surface area contributed by atoms with Crippen LogP contribution in [0.5, 0.6) is 0 Å². The van der Waals surface area contributed by atoms with E-state index in [1.165, 1.54) is 10.9 Å². The number of halogens is 1. The summed E-state index contributed by atoms with van der Waals surface area (Å²) in [6, 6.07) is 5.03. The Hall–Kier alpha value is -2.54. The Morgan fingerprint density at radius 2 is 2.09 bits per heavy atom. The first-order valence-electron chi connectivity index (χ1n) is 11.4. The molecule has 1 aliphatic rings. The number of amidine groups is 1. The molecule has 0 spiro atoms. The number of unbranched alkanes of at least 4 members (excludes halogenated alkanes) is 1. The minimum atomic E-state index is -0.222. The minimum Gasteiger partial charge on any atom is -0.364 e. The van der Waals surface area contributed by atoms with Crippen molar-refractivity contribution >= 4 is 28.8 Å². The van der Waals surface area contributed by atoms with Crippen molar-refractivity contribution in [1.29, 1.82) is 0 Å². The van der Waals surface area contributed by atoms with E-state index < -0.39 is 0 Å². The smallest absolute Gasteiger partial charge is 0.241 e. The van der Waals surface area contributed by atoms with E-state index in [2.05, 4.69) is 17.2 Å². The van der Waals surface area contributed by atoms with Crippen molar-refractivity contribution in [2.45, 2.75) is 59.8 Å². The van der Waals surface area contributed by atoms with Crippen molar-refractivity contribution in [2.24, 2.45) is 4.99 Å². The van der Waals surface area contributed by atoms with Gasteiger partial charge in [-0.05, 0) is 51.0 Å². The average Bonchev–Trinajstić information content (AvgIpc) is 3.02. The first kappa shape index (κ1) is 24.1. The fourth-order valence-electron chi connectivity index (χ4n) is 3.80. The highest BCUT2D eigenvalue weighted by molar-refractivity contribution is 7.11. The Morgan fingerprint density at radius 3 is 2.81 bits per heavy atom. The maximum absolute atomic E-state index is 13.7. The Kier molecular flexibility index (Phi) is 8.56. The lowest BCUT2D eigenvalue weighted by atomic mass is 10.1. The van der Waals surface area contributed by atoms with Gasteiger partial charge in [0.15, 0.2) is 0 Å². The normalized spacial score (nSPS) is 14.8. The van der Waals surface area contributed by atoms with Gasteiger partial charge in [-0.25, -0.2) is 14.4 Å². The predicted octanol–water partition coefficient (Wildman–Crippen LogP) is 5.07. The van der Waals surface area contributed by atoms with Crippen LogP contribution in [0.3, 0.4) is 0 Å². The van der Waals surface area contributed by atoms with Gasteiger partial charge in [0.05, 0.1) is 22.9 Å². The molecule has 0 saturated heterocycles. The first-order chi connectivity index (χ1) is 15.4. The van der Waals surface area contributed by atoms with Gasteiger partial charge in [0.1, 0.15) is 11.7 Å². The maximum Gasteiger partial charge on any atom is 0.241 e. The molecular weight excluding hydrogens is 423 g/mol. The molecule has 0 unspecified atom stereocenters. The number of nitrogens with one attached hydrogen (secondary N) is 1. The molecule has 0 saturated carbocycles. The third-order valence-corrected chi connectivity index (χ3v) is 6.73. The third-order valence-electron chi connectivity index (χ3n) is 5.66. The summed E-state index contributed by atoms with van der Waals surface area (Å²) in [4.78, 5) is 25.6. The number of carbonyl (C=O) groups excluding carboxylic acids is 1. The van der Waals surface area contributed by atoms with E-state index in [9.17, 15) is 9.18 Å². The fraction of sp³-hybridized carbons (Fsp3) is 0.480. The van der Waals surface area contributed by atoms with Gasteiger partial charge in [-0.15, -0.1) is 11.3 Å². The van der Waals surface area contributed by atoms with E-state index in [0.717, 1.165) is 66.4 Å². The second-order valence-electron chi connectivity index (χ2n) is 8.14. The number of fused-ring (bicyclic) bond motifs is 1. The summed E-state index contributed by atoms with van der Waals surface area (Å²) in [7, 11) is 0. The van der Waals surface area contributed by atoms with E-state index in [-0.39, 0.29) is 18.3 Å². The van der Waals surface area contributed by atoms with Crippen molar-refractivity contribution in [2.75, 3.05) is 19.6 Å². The van der Waals surface area contributed by atoms with Crippen molar-refractivity contribution in [3.05, 3.63) is 56.8 Å². The first-order valence-corrected chi connectivity index (χ1v) is 12.2. The van der Waals surface area contributed by atoms with Crippen LogP contribution in [0, 0.1) is 19.7 Å². The van der Waals surface area contributed by atoms with E-state index in [1.807, 2.05) is 30.9 Å². The van der Waals surface area contributed by atoms with Crippen molar-refractivity contribution in [1.82, 2.24) is 15.2 Å². The van der Waals surface area contributed by atoms with Gasteiger partial charge in [-0.1, -0.05) is 19.4 Å². The quantitative estimate of drug-likeness (QED) is 0.468. The second kappa shape index (κ2) is 11.4. The van der Waals surface area contributed by atoms with Crippen LogP contribution in [0.2, 0.25) is 0 Å². The number of allylic oxidation sites excluding steroid dienone is 1. The van der Waals surface area contributed by atoms with Crippen molar-refractivity contribution in [3.8, 4) is 0 Å². The minimum absolute atomic E-state index is 0.0840. The fourth-order valence-corrected chi connectivity index (χ4v) is 4.78. The highest BCUT2D eigenvalue weighted by Gasteiger charge is 2.21. The number of nitrogens with zero attached hydrogens (tertiary/aromatic N) is 3. The van der Waals surface area contributed by atoms with Gasteiger partial charge < -0.3 is 10.2 Å². The Bertz CT molecular complexity index is 986. The summed E-state index contributed by atoms with van der Waals surface area (Å²) in [6.07, 6.45) is 6.39. The van der Waals surface area contributed by atoms with Crippen LogP contribution >= 0.6 is 11.3 Å². The second-order valence-corrected chi connectivity index (χ2v) is 9.42. The highest BCUT2D eigenvalue weighted by Crippen LogP contribution is 2.22. The number of aliphatic imine (C=N–C) groups is 1. The van der Waals surface area contributed by atoms with E-state index >= 15 is 0 Å². The predicted molar refractivity (Wildman–Crippen MR) is 131 cm³/mol. The number of rotatable bonds is 7. The molecule has 7 heteroatoms. The third kappa shape index (κ3) is 6.25. The molecule has 0 bridgehead atoms. The zero-order chi connectivity index (χ0) is 23.1. The summed E-state index contributed by atoms with van der Waals surface area (Å²) in [5, 5.41) is 4.39. The molecule has 1 aliphatic heterocycles. The van der Waals surface area contributed by atoms with Crippen LogP contribution in [0.1, 0.15) is 59.8 Å². The molecule has 2 aromatic rings. The number of hydrogen-bond donors (Lipinski definition) is 1. The summed E-state index contributed by atoms with van der Waals surface area (Å²) >= 11 is 1.74. The largest absolute Gasteiger partial charge is 0.364 e. The molecule has 0 atom stereocenters. The Morgan fingerprint density at radius 1 is 1.31 bits per heavy atom. The number of carbonyl (C=O) groups is 1. The Labute approximate surface area is 194 Å². The number of aromatic nitrogens is 1. The lowest BCUT2D eigenvalue weighted by Crippen LogP contribution is -2.41. The van der Waals surface area contributed by atoms with Crippen LogP contribution in [-0.4, -0.2) is 41.3 Å². The highest BCUT2D eigenvalue weighted by atomic mass is 32.1. The molecule has 5 nitrogen and oxygen atoms in total. The van der Waals surface area contributed by atoms with Gasteiger partial charge in [-0.2, -0.15) is 0 Å². The van der Waals surface area contributed by atoms with Crippen LogP contribution in [0.4, 0.5) is 4.39 Å². The molecule has 1 aromatic heterocycles. The molecule has 0 fully saturated rings. The molecular formula is C25H33FN4OS. The van der Waals surface area contributed by atoms with Crippen LogP contribution in [0.25, 0.3) is 5.70 Å². The standard InChI is InChI=1S/C25H33FN4OS/c1-5-7-8-24(29-21(6-2)19-9-10-20(26)17(3)15-19)27-16-25(31)30-13-11-22-23(12-14-30)32-18(4)28-22/h6,9-10,15H,5,7-8,11-14,16H2,1-4H3,(H,27,29)/b21-6-. The van der Waals surface area contributed by atoms with Gasteiger partial charge in [0, 0.05) is 42.8 Å². The number of hydrogen-bond acceptors (Lipinski definition) is 4. The molecule has 3 rings (SSSR count). The van der Waals surface area contributed by atoms with Gasteiger partial charge in [0.25, 0.3) is 0 Å². The molecule has 1 aromatic carbocycles. The number of aryl methyl sites for hydroxylation is 2. The summed E-state index contributed by atoms with van der Waals surface area (Å²) < 4.78 is 13.7. The number of benzene rings is 1. The molecule has 0 radical (unpaired) electrons. The van der Waals surface area contributed by atoms with Gasteiger partial charge >= 0.3 is 0 Å². The monoisotopic (exact) mass is 456 g/mol. The van der Waals surface area contributed by atoms with E-state index in [0.29, 0.717) is 12.1 Å². The summed E-state index contributed by atoms with van der Waals surface area (Å²) in [5.74, 6) is 0.655. The lowest BCUT2D eigenvalue weighted by molar-refractivity contribution is -0.129. The van der Waals surface area contributed by atoms with Crippen molar-refractivity contribution in [3.63, 3.8) is 0 Å². The molecule has 1 amide bonds. The zero-order valence-electron chi connectivity index (χ0n) is 19.5. The molecule has 32 heavy (non-hydrogen) atoms. The van der Waals surface area contributed by atoms with E-state index in [1.54, 1.807) is 24.3 Å². The Balaban J connectivity index is 1.66.